The Balaban J connectivity index is 2.29. The zero-order valence-corrected chi connectivity index (χ0v) is 9.14. The van der Waals surface area contributed by atoms with Crippen molar-refractivity contribution in [2.45, 2.75) is 0 Å². The molecule has 0 bridgehead atoms. The Morgan fingerprint density at radius 3 is 3.13 bits per heavy atom. The molecule has 15 heavy (non-hydrogen) atoms. The molecule has 0 aliphatic heterocycles. The van der Waals surface area contributed by atoms with Gasteiger partial charge < -0.3 is 4.98 Å². The molecule has 5 heteroatoms. The Morgan fingerprint density at radius 1 is 1.40 bits per heavy atom. The summed E-state index contributed by atoms with van der Waals surface area (Å²) < 4.78 is 0. The van der Waals surface area contributed by atoms with Crippen molar-refractivity contribution >= 4 is 34.0 Å². The van der Waals surface area contributed by atoms with Gasteiger partial charge in [-0.1, -0.05) is 6.07 Å². The van der Waals surface area contributed by atoms with Crippen molar-refractivity contribution in [1.82, 2.24) is 15.0 Å². The Morgan fingerprint density at radius 2 is 2.33 bits per heavy atom. The molecule has 0 atom stereocenters. The fourth-order valence-corrected chi connectivity index (χ4v) is 2.41. The van der Waals surface area contributed by atoms with Gasteiger partial charge in [-0.15, -0.1) is 11.3 Å². The van der Waals surface area contributed by atoms with Crippen molar-refractivity contribution in [3.8, 4) is 10.4 Å². The SMILES string of the molecule is Clc1ncc2c(-c3cccs3)c[nH]c2n1. The minimum absolute atomic E-state index is 0.266. The second-order valence-corrected chi connectivity index (χ2v) is 4.37. The van der Waals surface area contributed by atoms with Crippen LogP contribution in [0.15, 0.2) is 29.9 Å². The number of aromatic nitrogens is 3. The smallest absolute Gasteiger partial charge is 0.224 e. The summed E-state index contributed by atoms with van der Waals surface area (Å²) in [5.74, 6) is 0. The highest BCUT2D eigenvalue weighted by Gasteiger charge is 2.08. The number of rotatable bonds is 1. The van der Waals surface area contributed by atoms with E-state index in [1.807, 2.05) is 17.6 Å². The van der Waals surface area contributed by atoms with Crippen molar-refractivity contribution in [3.63, 3.8) is 0 Å². The molecule has 74 valence electrons. The largest absolute Gasteiger partial charge is 0.345 e. The lowest BCUT2D eigenvalue weighted by Gasteiger charge is -1.93. The highest BCUT2D eigenvalue weighted by molar-refractivity contribution is 7.13. The van der Waals surface area contributed by atoms with E-state index < -0.39 is 0 Å². The first-order valence-electron chi connectivity index (χ1n) is 4.38. The zero-order chi connectivity index (χ0) is 10.3. The van der Waals surface area contributed by atoms with Gasteiger partial charge in [0.1, 0.15) is 5.65 Å². The number of halogens is 1. The molecule has 0 amide bonds. The van der Waals surface area contributed by atoms with Crippen molar-refractivity contribution in [1.29, 1.82) is 0 Å². The third-order valence-electron chi connectivity index (χ3n) is 2.19. The number of nitrogens with one attached hydrogen (secondary N) is 1. The quantitative estimate of drug-likeness (QED) is 0.658. The van der Waals surface area contributed by atoms with E-state index in [4.69, 9.17) is 11.6 Å². The highest BCUT2D eigenvalue weighted by Crippen LogP contribution is 2.30. The van der Waals surface area contributed by atoms with Gasteiger partial charge >= 0.3 is 0 Å². The number of H-pyrrole nitrogens is 1. The third kappa shape index (κ3) is 1.42. The van der Waals surface area contributed by atoms with E-state index in [1.165, 1.54) is 4.88 Å². The van der Waals surface area contributed by atoms with Gasteiger partial charge in [-0.25, -0.2) is 4.98 Å². The van der Waals surface area contributed by atoms with E-state index in [9.17, 15) is 0 Å². The molecule has 3 rings (SSSR count). The van der Waals surface area contributed by atoms with Crippen LogP contribution in [0.25, 0.3) is 21.5 Å². The van der Waals surface area contributed by atoms with Gasteiger partial charge in [0.2, 0.25) is 5.28 Å². The molecule has 0 fully saturated rings. The predicted octanol–water partition coefficient (Wildman–Crippen LogP) is 3.34. The van der Waals surface area contributed by atoms with Gasteiger partial charge in [-0.2, -0.15) is 4.98 Å². The van der Waals surface area contributed by atoms with E-state index in [0.717, 1.165) is 16.6 Å². The first-order valence-corrected chi connectivity index (χ1v) is 5.64. The summed E-state index contributed by atoms with van der Waals surface area (Å²) in [6.45, 7) is 0. The van der Waals surface area contributed by atoms with Crippen LogP contribution in [0.1, 0.15) is 0 Å². The summed E-state index contributed by atoms with van der Waals surface area (Å²) in [5, 5.41) is 3.31. The lowest BCUT2D eigenvalue weighted by molar-refractivity contribution is 1.20. The maximum atomic E-state index is 5.71. The lowest BCUT2D eigenvalue weighted by Crippen LogP contribution is -1.81. The van der Waals surface area contributed by atoms with Crippen LogP contribution in [0.5, 0.6) is 0 Å². The van der Waals surface area contributed by atoms with Crippen LogP contribution >= 0.6 is 22.9 Å². The van der Waals surface area contributed by atoms with Gasteiger partial charge in [0.25, 0.3) is 0 Å². The molecule has 3 nitrogen and oxygen atoms in total. The topological polar surface area (TPSA) is 41.6 Å². The molecule has 0 aromatic carbocycles. The molecular formula is C10H6ClN3S. The maximum Gasteiger partial charge on any atom is 0.224 e. The van der Waals surface area contributed by atoms with Crippen LogP contribution in [0, 0.1) is 0 Å². The second kappa shape index (κ2) is 3.32. The molecule has 0 aliphatic carbocycles. The monoisotopic (exact) mass is 235 g/mol. The number of nitrogens with zero attached hydrogens (tertiary/aromatic N) is 2. The Kier molecular flexibility index (Phi) is 1.97. The summed E-state index contributed by atoms with van der Waals surface area (Å²) in [7, 11) is 0. The van der Waals surface area contributed by atoms with E-state index in [0.29, 0.717) is 0 Å². The maximum absolute atomic E-state index is 5.71. The van der Waals surface area contributed by atoms with Gasteiger partial charge in [0, 0.05) is 28.2 Å². The standard InChI is InChI=1S/C10H6ClN3S/c11-10-13-5-7-6(4-12-9(7)14-10)8-2-1-3-15-8/h1-5H,(H,12,13,14). The molecule has 0 spiro atoms. The molecule has 1 N–H and O–H groups in total. The van der Waals surface area contributed by atoms with Gasteiger partial charge in [-0.3, -0.25) is 0 Å². The summed E-state index contributed by atoms with van der Waals surface area (Å²) in [6.07, 6.45) is 3.68. The molecule has 3 aromatic rings. The molecule has 0 radical (unpaired) electrons. The third-order valence-corrected chi connectivity index (χ3v) is 3.27. The Bertz CT molecular complexity index is 600. The Hall–Kier alpha value is -1.39. The van der Waals surface area contributed by atoms with Crippen molar-refractivity contribution in [3.05, 3.63) is 35.2 Å². The average Bonchev–Trinajstić information content (AvgIpc) is 2.82. The van der Waals surface area contributed by atoms with E-state index >= 15 is 0 Å². The molecular weight excluding hydrogens is 230 g/mol. The molecule has 3 aromatic heterocycles. The number of thiophene rings is 1. The van der Waals surface area contributed by atoms with Crippen LogP contribution in [-0.4, -0.2) is 15.0 Å². The van der Waals surface area contributed by atoms with Crippen molar-refractivity contribution < 1.29 is 0 Å². The minimum atomic E-state index is 0.266. The first-order chi connectivity index (χ1) is 7.34. The fourth-order valence-electron chi connectivity index (χ4n) is 1.52. The second-order valence-electron chi connectivity index (χ2n) is 3.08. The summed E-state index contributed by atoms with van der Waals surface area (Å²) >= 11 is 7.40. The number of fused-ring (bicyclic) bond motifs is 1. The van der Waals surface area contributed by atoms with E-state index in [2.05, 4.69) is 21.0 Å². The van der Waals surface area contributed by atoms with Gasteiger partial charge in [-0.05, 0) is 23.0 Å². The lowest BCUT2D eigenvalue weighted by atomic mass is 10.2. The molecule has 0 saturated heterocycles. The van der Waals surface area contributed by atoms with Crippen molar-refractivity contribution in [2.75, 3.05) is 0 Å². The highest BCUT2D eigenvalue weighted by atomic mass is 35.5. The van der Waals surface area contributed by atoms with Gasteiger partial charge in [0.05, 0.1) is 0 Å². The summed E-state index contributed by atoms with van der Waals surface area (Å²) in [5.41, 5.74) is 1.90. The van der Waals surface area contributed by atoms with Gasteiger partial charge in [0.15, 0.2) is 0 Å². The van der Waals surface area contributed by atoms with Crippen molar-refractivity contribution in [2.24, 2.45) is 0 Å². The molecule has 0 unspecified atom stereocenters. The van der Waals surface area contributed by atoms with Crippen LogP contribution in [-0.2, 0) is 0 Å². The van der Waals surface area contributed by atoms with Crippen LogP contribution < -0.4 is 0 Å². The van der Waals surface area contributed by atoms with E-state index in [-0.39, 0.29) is 5.28 Å². The first kappa shape index (κ1) is 8.88. The average molecular weight is 236 g/mol. The Labute approximate surface area is 94.8 Å². The summed E-state index contributed by atoms with van der Waals surface area (Å²) in [6, 6.07) is 4.09. The minimum Gasteiger partial charge on any atom is -0.345 e. The van der Waals surface area contributed by atoms with Crippen LogP contribution in [0.3, 0.4) is 0 Å². The predicted molar refractivity (Wildman–Crippen MR) is 62.2 cm³/mol. The molecule has 0 saturated carbocycles. The zero-order valence-electron chi connectivity index (χ0n) is 7.57. The molecule has 3 heterocycles. The number of hydrogen-bond donors (Lipinski definition) is 1. The number of hydrogen-bond acceptors (Lipinski definition) is 3. The normalized spacial score (nSPS) is 11.0. The van der Waals surface area contributed by atoms with Crippen LogP contribution in [0.4, 0.5) is 0 Å². The number of aromatic amines is 1. The van der Waals surface area contributed by atoms with E-state index in [1.54, 1.807) is 17.5 Å². The molecule has 0 aliphatic rings. The fraction of sp³-hybridized carbons (Fsp3) is 0. The summed E-state index contributed by atoms with van der Waals surface area (Å²) in [4.78, 5) is 12.4. The van der Waals surface area contributed by atoms with Crippen LogP contribution in [0.2, 0.25) is 5.28 Å².